The lowest BCUT2D eigenvalue weighted by molar-refractivity contribution is 0.0211. The summed E-state index contributed by atoms with van der Waals surface area (Å²) in [6.07, 6.45) is 5.60. The van der Waals surface area contributed by atoms with Gasteiger partial charge in [0.2, 0.25) is 6.23 Å². The molecule has 6 aromatic rings. The largest absolute Gasteiger partial charge is 0.465 e. The van der Waals surface area contributed by atoms with Gasteiger partial charge in [-0.1, -0.05) is 18.2 Å². The van der Waals surface area contributed by atoms with Crippen molar-refractivity contribution in [3.8, 4) is 11.3 Å². The number of nitrogens with zero attached hydrogens (tertiary/aromatic N) is 6. The molecule has 13 nitrogen and oxygen atoms in total. The molecule has 4 aliphatic rings. The molecule has 0 radical (unpaired) electrons. The van der Waals surface area contributed by atoms with Crippen molar-refractivity contribution in [2.75, 3.05) is 13.1 Å². The summed E-state index contributed by atoms with van der Waals surface area (Å²) < 4.78 is 30.6. The molecule has 2 amide bonds. The molecule has 2 aromatic carbocycles. The quantitative estimate of drug-likeness (QED) is 0.156. The van der Waals surface area contributed by atoms with Crippen LogP contribution in [0.5, 0.6) is 0 Å². The minimum absolute atomic E-state index is 0.0425. The van der Waals surface area contributed by atoms with Crippen molar-refractivity contribution in [2.45, 2.75) is 83.0 Å². The minimum atomic E-state index is -1.17. The Labute approximate surface area is 330 Å². The van der Waals surface area contributed by atoms with Gasteiger partial charge in [0.05, 0.1) is 63.8 Å². The zero-order chi connectivity index (χ0) is 39.2. The number of aromatic amines is 2. The van der Waals surface area contributed by atoms with Crippen LogP contribution >= 0.6 is 11.3 Å². The summed E-state index contributed by atoms with van der Waals surface area (Å²) in [5, 5.41) is 11.6. The van der Waals surface area contributed by atoms with Crippen molar-refractivity contribution in [1.82, 2.24) is 39.3 Å². The van der Waals surface area contributed by atoms with E-state index in [1.54, 1.807) is 44.5 Å². The Hall–Kier alpha value is -5.96. The molecular formula is C42H41FN8O5S. The summed E-state index contributed by atoms with van der Waals surface area (Å²) in [6.45, 7) is 5.85. The van der Waals surface area contributed by atoms with Crippen LogP contribution in [0.25, 0.3) is 43.5 Å². The number of likely N-dealkylation sites (tertiary alicyclic amines) is 2. The standard InChI is InChI=1S/C42H41FN8O5S/c1-42(2,3)56-41(54)50-21-25(43)18-33(50)37-45-19-28(47-37)22-11-13-30-24(15-22)16-32-26-12-10-23(29-20-44-36(46-29)31-8-6-14-49(31)40(52)53)17-34(26)55-39(51(30)32)38-48-27-7-4-5-9-35(27)57-38/h4-5,7,9,11,13,15-17,19-20,25,31,33,39H,6,8,10,12,14,18,21H2,1-3H3,(H,44,46)(H,45,47)(H,52,53). The average Bonchev–Trinajstić information content (AvgIpc) is 4.03. The second kappa shape index (κ2) is 13.3. The smallest absolute Gasteiger partial charge is 0.411 e. The van der Waals surface area contributed by atoms with E-state index in [0.29, 0.717) is 18.2 Å². The molecule has 3 N–H and O–H groups in total. The van der Waals surface area contributed by atoms with Gasteiger partial charge in [0.1, 0.15) is 29.2 Å². The number of hydrogen-bond acceptors (Lipinski definition) is 8. The van der Waals surface area contributed by atoms with Crippen molar-refractivity contribution >= 4 is 55.8 Å². The van der Waals surface area contributed by atoms with E-state index in [-0.39, 0.29) is 19.0 Å². The van der Waals surface area contributed by atoms with E-state index in [1.165, 1.54) is 9.80 Å². The van der Waals surface area contributed by atoms with Crippen LogP contribution in [0.2, 0.25) is 0 Å². The maximum Gasteiger partial charge on any atom is 0.411 e. The van der Waals surface area contributed by atoms with Gasteiger partial charge < -0.3 is 24.5 Å². The number of benzene rings is 2. The number of hydrogen-bond donors (Lipinski definition) is 3. The van der Waals surface area contributed by atoms with Crippen LogP contribution in [0.1, 0.15) is 99.2 Å². The van der Waals surface area contributed by atoms with Gasteiger partial charge in [0.15, 0.2) is 5.01 Å². The number of fused-ring (bicyclic) bond motifs is 5. The molecule has 15 heteroatoms. The van der Waals surface area contributed by atoms with E-state index >= 15 is 0 Å². The van der Waals surface area contributed by atoms with Crippen LogP contribution in [0.3, 0.4) is 0 Å². The summed E-state index contributed by atoms with van der Waals surface area (Å²) in [7, 11) is 0. The van der Waals surface area contributed by atoms with Crippen LogP contribution in [-0.4, -0.2) is 81.4 Å². The Balaban J connectivity index is 1.01. The molecule has 7 heterocycles. The zero-order valence-corrected chi connectivity index (χ0v) is 32.5. The van der Waals surface area contributed by atoms with E-state index in [1.807, 2.05) is 24.3 Å². The van der Waals surface area contributed by atoms with Gasteiger partial charge in [-0.2, -0.15) is 0 Å². The molecule has 292 valence electrons. The highest BCUT2D eigenvalue weighted by Crippen LogP contribution is 2.47. The molecule has 0 saturated carbocycles. The maximum absolute atomic E-state index is 14.7. The number of para-hydroxylation sites is 1. The van der Waals surface area contributed by atoms with Gasteiger partial charge >= 0.3 is 12.2 Å². The third kappa shape index (κ3) is 6.24. The lowest BCUT2D eigenvalue weighted by Crippen LogP contribution is -2.37. The number of allylic oxidation sites excluding steroid dienone is 3. The lowest BCUT2D eigenvalue weighted by atomic mass is 9.92. The van der Waals surface area contributed by atoms with Gasteiger partial charge in [-0.3, -0.25) is 14.4 Å². The van der Waals surface area contributed by atoms with E-state index in [0.717, 1.165) is 91.4 Å². The number of carbonyl (C=O) groups is 2. The number of ether oxygens (including phenoxy) is 2. The van der Waals surface area contributed by atoms with Crippen LogP contribution in [0.15, 0.2) is 72.8 Å². The number of carboxylic acid groups (broad SMARTS) is 1. The van der Waals surface area contributed by atoms with Gasteiger partial charge in [-0.25, -0.2) is 28.9 Å². The first-order valence-corrected chi connectivity index (χ1v) is 20.1. The van der Waals surface area contributed by atoms with Gasteiger partial charge in [-0.05, 0) is 88.4 Å². The van der Waals surface area contributed by atoms with Gasteiger partial charge in [0.25, 0.3) is 0 Å². The SMILES string of the molecule is CC(C)(C)OC(=O)N1CC(F)CC1c1ncc(-c2ccc3c(c2)cc2n3C(c3nc4ccccc4s3)OC3=C2CCC(c2cnc(C4CCCN4C(=O)O)[nH]2)=C3)[nH]1. The number of rotatable bonds is 5. The number of nitrogens with one attached hydrogen (secondary N) is 2. The molecule has 57 heavy (non-hydrogen) atoms. The Kier molecular flexibility index (Phi) is 8.29. The van der Waals surface area contributed by atoms with Crippen LogP contribution in [0.4, 0.5) is 14.0 Å². The van der Waals surface area contributed by atoms with Crippen molar-refractivity contribution in [1.29, 1.82) is 0 Å². The molecule has 10 rings (SSSR count). The van der Waals surface area contributed by atoms with E-state index < -0.39 is 36.2 Å². The fourth-order valence-electron chi connectivity index (χ4n) is 8.66. The highest BCUT2D eigenvalue weighted by atomic mass is 32.1. The molecule has 2 fully saturated rings. The second-order valence-electron chi connectivity index (χ2n) is 16.2. The van der Waals surface area contributed by atoms with Crippen LogP contribution < -0.4 is 0 Å². The van der Waals surface area contributed by atoms with Crippen LogP contribution in [-0.2, 0) is 9.47 Å². The second-order valence-corrected chi connectivity index (χ2v) is 17.2. The Morgan fingerprint density at radius 2 is 1.79 bits per heavy atom. The Bertz CT molecular complexity index is 2610. The van der Waals surface area contributed by atoms with E-state index in [9.17, 15) is 19.1 Å². The maximum atomic E-state index is 14.7. The summed E-state index contributed by atoms with van der Waals surface area (Å²) in [5.41, 5.74) is 6.91. The fraction of sp³-hybridized carbons (Fsp3) is 0.357. The summed E-state index contributed by atoms with van der Waals surface area (Å²) in [6, 6.07) is 15.7. The summed E-state index contributed by atoms with van der Waals surface area (Å²) >= 11 is 1.61. The molecule has 0 spiro atoms. The molecule has 2 saturated heterocycles. The first kappa shape index (κ1) is 35.5. The van der Waals surface area contributed by atoms with Crippen molar-refractivity contribution in [2.24, 2.45) is 0 Å². The number of amides is 2. The predicted molar refractivity (Wildman–Crippen MR) is 213 cm³/mol. The minimum Gasteiger partial charge on any atom is -0.465 e. The number of carbonyl (C=O) groups excluding carboxylic acids is 1. The molecule has 0 bridgehead atoms. The lowest BCUT2D eigenvalue weighted by Gasteiger charge is -2.32. The zero-order valence-electron chi connectivity index (χ0n) is 31.7. The number of alkyl halides is 1. The fourth-order valence-corrected chi connectivity index (χ4v) is 9.65. The Morgan fingerprint density at radius 3 is 2.60 bits per heavy atom. The number of thiazole rings is 1. The molecule has 3 aliphatic heterocycles. The summed E-state index contributed by atoms with van der Waals surface area (Å²) in [4.78, 5) is 48.9. The average molecular weight is 789 g/mol. The number of H-pyrrole nitrogens is 2. The molecule has 4 atom stereocenters. The number of halogens is 1. The normalized spacial score (nSPS) is 22.2. The van der Waals surface area contributed by atoms with E-state index in [4.69, 9.17) is 14.5 Å². The Morgan fingerprint density at radius 1 is 1.00 bits per heavy atom. The molecular weight excluding hydrogens is 748 g/mol. The number of aromatic nitrogens is 6. The molecule has 4 aromatic heterocycles. The monoisotopic (exact) mass is 788 g/mol. The van der Waals surface area contributed by atoms with E-state index in [2.05, 4.69) is 54.8 Å². The first-order valence-electron chi connectivity index (χ1n) is 19.3. The van der Waals surface area contributed by atoms with Crippen LogP contribution in [0, 0.1) is 0 Å². The van der Waals surface area contributed by atoms with Gasteiger partial charge in [-0.15, -0.1) is 11.3 Å². The van der Waals surface area contributed by atoms with Gasteiger partial charge in [0, 0.05) is 29.5 Å². The third-order valence-corrected chi connectivity index (χ3v) is 12.3. The molecule has 1 aliphatic carbocycles. The van der Waals surface area contributed by atoms with Crippen molar-refractivity contribution in [3.63, 3.8) is 0 Å². The van der Waals surface area contributed by atoms with Crippen molar-refractivity contribution in [3.05, 3.63) is 101 Å². The number of imidazole rings is 2. The van der Waals surface area contributed by atoms with Crippen molar-refractivity contribution < 1.29 is 28.6 Å². The molecule has 4 unspecified atom stereocenters. The predicted octanol–water partition coefficient (Wildman–Crippen LogP) is 9.36. The highest BCUT2D eigenvalue weighted by Gasteiger charge is 2.41. The highest BCUT2D eigenvalue weighted by molar-refractivity contribution is 7.18. The third-order valence-electron chi connectivity index (χ3n) is 11.2. The topological polar surface area (TPSA) is 154 Å². The summed E-state index contributed by atoms with van der Waals surface area (Å²) in [5.74, 6) is 1.96. The first-order chi connectivity index (χ1) is 27.5.